The summed E-state index contributed by atoms with van der Waals surface area (Å²) in [6, 6.07) is 5.61. The van der Waals surface area contributed by atoms with Crippen molar-refractivity contribution in [1.82, 2.24) is 0 Å². The summed E-state index contributed by atoms with van der Waals surface area (Å²) in [6.45, 7) is 0. The quantitative estimate of drug-likeness (QED) is 0.502. The summed E-state index contributed by atoms with van der Waals surface area (Å²) in [6.07, 6.45) is 4.42. The number of hydrogen-bond donors (Lipinski definition) is 2. The molecule has 0 saturated heterocycles. The van der Waals surface area contributed by atoms with Crippen LogP contribution >= 0.6 is 0 Å². The molecule has 1 fully saturated rings. The van der Waals surface area contributed by atoms with Crippen LogP contribution in [0.25, 0.3) is 0 Å². The maximum atomic E-state index is 12.4. The van der Waals surface area contributed by atoms with Gasteiger partial charge in [0, 0.05) is 17.8 Å². The molecule has 0 spiro atoms. The molecule has 2 aliphatic carbocycles. The maximum Gasteiger partial charge on any atom is 0.307 e. The lowest BCUT2D eigenvalue weighted by Gasteiger charge is -2.23. The molecule has 1 saturated carbocycles. The van der Waals surface area contributed by atoms with Crippen LogP contribution in [-0.4, -0.2) is 21.9 Å². The van der Waals surface area contributed by atoms with Crippen molar-refractivity contribution in [1.29, 1.82) is 0 Å². The highest BCUT2D eigenvalue weighted by atomic mass is 16.6. The number of nitro benzene ring substituents is 1. The van der Waals surface area contributed by atoms with Gasteiger partial charge in [-0.15, -0.1) is 0 Å². The fourth-order valence-corrected chi connectivity index (χ4v) is 3.44. The average Bonchev–Trinajstić information content (AvgIpc) is 3.07. The molecule has 2 N–H and O–H groups in total. The second-order valence-corrected chi connectivity index (χ2v) is 5.63. The van der Waals surface area contributed by atoms with Crippen LogP contribution in [0.4, 0.5) is 11.4 Å². The molecular formula is C15H14N2O5. The fraction of sp³-hybridized carbons (Fsp3) is 0.333. The van der Waals surface area contributed by atoms with Crippen molar-refractivity contribution in [2.45, 2.75) is 6.42 Å². The normalized spacial score (nSPS) is 28.5. The molecule has 2 aliphatic rings. The van der Waals surface area contributed by atoms with E-state index < -0.39 is 28.6 Å². The van der Waals surface area contributed by atoms with Crippen LogP contribution in [0.15, 0.2) is 36.4 Å². The van der Waals surface area contributed by atoms with Gasteiger partial charge in [-0.25, -0.2) is 0 Å². The van der Waals surface area contributed by atoms with Gasteiger partial charge in [0.2, 0.25) is 5.91 Å². The van der Waals surface area contributed by atoms with Crippen LogP contribution in [0, 0.1) is 33.8 Å². The van der Waals surface area contributed by atoms with E-state index in [0.717, 1.165) is 0 Å². The van der Waals surface area contributed by atoms with E-state index in [9.17, 15) is 24.8 Å². The third-order valence-electron chi connectivity index (χ3n) is 4.37. The molecule has 22 heavy (non-hydrogen) atoms. The first kappa shape index (κ1) is 14.2. The van der Waals surface area contributed by atoms with Gasteiger partial charge in [-0.2, -0.15) is 0 Å². The van der Waals surface area contributed by atoms with Crippen LogP contribution in [-0.2, 0) is 9.59 Å². The summed E-state index contributed by atoms with van der Waals surface area (Å²) in [4.78, 5) is 34.0. The van der Waals surface area contributed by atoms with Crippen LogP contribution in [0.2, 0.25) is 0 Å². The van der Waals surface area contributed by atoms with E-state index in [0.29, 0.717) is 12.1 Å². The number of anilines is 1. The van der Waals surface area contributed by atoms with Crippen LogP contribution < -0.4 is 5.32 Å². The number of amides is 1. The van der Waals surface area contributed by atoms with E-state index in [4.69, 9.17) is 0 Å². The van der Waals surface area contributed by atoms with Crippen molar-refractivity contribution < 1.29 is 19.6 Å². The van der Waals surface area contributed by atoms with Crippen molar-refractivity contribution in [3.05, 3.63) is 46.5 Å². The summed E-state index contributed by atoms with van der Waals surface area (Å²) < 4.78 is 0. The maximum absolute atomic E-state index is 12.4. The number of aliphatic carboxylic acids is 1. The molecule has 1 aromatic rings. The third kappa shape index (κ3) is 2.34. The zero-order chi connectivity index (χ0) is 15.9. The molecule has 7 heteroatoms. The number of benzene rings is 1. The van der Waals surface area contributed by atoms with Gasteiger partial charge in [0.05, 0.1) is 16.8 Å². The number of rotatable bonds is 4. The Hall–Kier alpha value is -2.70. The highest BCUT2D eigenvalue weighted by molar-refractivity contribution is 5.96. The molecule has 0 aromatic heterocycles. The van der Waals surface area contributed by atoms with Gasteiger partial charge in [0.1, 0.15) is 0 Å². The van der Waals surface area contributed by atoms with Crippen molar-refractivity contribution in [2.75, 3.05) is 5.32 Å². The minimum Gasteiger partial charge on any atom is -0.481 e. The minimum atomic E-state index is -0.976. The Labute approximate surface area is 125 Å². The Morgan fingerprint density at radius 1 is 1.23 bits per heavy atom. The minimum absolute atomic E-state index is 0.0789. The Morgan fingerprint density at radius 3 is 2.55 bits per heavy atom. The van der Waals surface area contributed by atoms with E-state index in [-0.39, 0.29) is 17.5 Å². The number of fused-ring (bicyclic) bond motifs is 2. The van der Waals surface area contributed by atoms with Gasteiger partial charge < -0.3 is 10.4 Å². The van der Waals surface area contributed by atoms with Crippen LogP contribution in [0.3, 0.4) is 0 Å². The van der Waals surface area contributed by atoms with Crippen molar-refractivity contribution in [3.63, 3.8) is 0 Å². The van der Waals surface area contributed by atoms with Gasteiger partial charge in [-0.05, 0) is 24.3 Å². The SMILES string of the molecule is O=C(Nc1cccc([N+](=O)[O-])c1)[C@@H]1[C@@H](C(=O)O)[C@H]2C=C[C@@H]1C2. The van der Waals surface area contributed by atoms with Crippen molar-refractivity contribution in [2.24, 2.45) is 23.7 Å². The zero-order valence-corrected chi connectivity index (χ0v) is 11.5. The number of carbonyl (C=O) groups is 2. The molecule has 1 aromatic carbocycles. The predicted molar refractivity (Wildman–Crippen MR) is 77.1 cm³/mol. The Kier molecular flexibility index (Phi) is 3.40. The molecule has 1 amide bonds. The summed E-state index contributed by atoms with van der Waals surface area (Å²) in [5.41, 5.74) is 0.176. The summed E-state index contributed by atoms with van der Waals surface area (Å²) >= 11 is 0. The lowest BCUT2D eigenvalue weighted by atomic mass is 9.82. The van der Waals surface area contributed by atoms with E-state index in [1.54, 1.807) is 6.07 Å². The van der Waals surface area contributed by atoms with Crippen LogP contribution in [0.5, 0.6) is 0 Å². The Balaban J connectivity index is 1.80. The highest BCUT2D eigenvalue weighted by Crippen LogP contribution is 2.48. The number of carboxylic acid groups (broad SMARTS) is 1. The number of nitro groups is 1. The van der Waals surface area contributed by atoms with Gasteiger partial charge in [-0.1, -0.05) is 18.2 Å². The molecule has 3 rings (SSSR count). The Bertz CT molecular complexity index is 684. The molecule has 114 valence electrons. The largest absolute Gasteiger partial charge is 0.481 e. The second-order valence-electron chi connectivity index (χ2n) is 5.63. The molecule has 2 bridgehead atoms. The first-order valence-electron chi connectivity index (χ1n) is 6.94. The van der Waals surface area contributed by atoms with Crippen molar-refractivity contribution in [3.8, 4) is 0 Å². The number of nitrogens with one attached hydrogen (secondary N) is 1. The number of carboxylic acids is 1. The monoisotopic (exact) mass is 302 g/mol. The zero-order valence-electron chi connectivity index (χ0n) is 11.5. The molecule has 0 unspecified atom stereocenters. The fourth-order valence-electron chi connectivity index (χ4n) is 3.44. The average molecular weight is 302 g/mol. The lowest BCUT2D eigenvalue weighted by Crippen LogP contribution is -2.36. The number of non-ortho nitro benzene ring substituents is 1. The van der Waals surface area contributed by atoms with E-state index in [1.807, 2.05) is 12.2 Å². The summed E-state index contributed by atoms with van der Waals surface area (Å²) in [5.74, 6) is -2.92. The topological polar surface area (TPSA) is 110 Å². The van der Waals surface area contributed by atoms with Gasteiger partial charge in [-0.3, -0.25) is 19.7 Å². The first-order valence-corrected chi connectivity index (χ1v) is 6.94. The van der Waals surface area contributed by atoms with Gasteiger partial charge >= 0.3 is 5.97 Å². The number of carbonyl (C=O) groups excluding carboxylic acids is 1. The highest BCUT2D eigenvalue weighted by Gasteiger charge is 2.51. The predicted octanol–water partition coefficient (Wildman–Crippen LogP) is 2.06. The van der Waals surface area contributed by atoms with Crippen LogP contribution in [0.1, 0.15) is 6.42 Å². The summed E-state index contributed by atoms with van der Waals surface area (Å²) in [7, 11) is 0. The van der Waals surface area contributed by atoms with E-state index in [2.05, 4.69) is 5.32 Å². The first-order chi connectivity index (χ1) is 10.5. The molecule has 0 heterocycles. The van der Waals surface area contributed by atoms with Crippen molar-refractivity contribution >= 4 is 23.3 Å². The lowest BCUT2D eigenvalue weighted by molar-refractivity contribution is -0.384. The molecule has 0 radical (unpaired) electrons. The number of nitrogens with zero attached hydrogens (tertiary/aromatic N) is 1. The second kappa shape index (κ2) is 5.25. The third-order valence-corrected chi connectivity index (χ3v) is 4.37. The molecular weight excluding hydrogens is 288 g/mol. The van der Waals surface area contributed by atoms with Gasteiger partial charge in [0.15, 0.2) is 0 Å². The van der Waals surface area contributed by atoms with E-state index in [1.165, 1.54) is 18.2 Å². The van der Waals surface area contributed by atoms with E-state index >= 15 is 0 Å². The van der Waals surface area contributed by atoms with Gasteiger partial charge in [0.25, 0.3) is 5.69 Å². The summed E-state index contributed by atoms with van der Waals surface area (Å²) in [5, 5.41) is 22.7. The number of hydrogen-bond acceptors (Lipinski definition) is 4. The Morgan fingerprint density at radius 2 is 1.91 bits per heavy atom. The molecule has 4 atom stereocenters. The number of allylic oxidation sites excluding steroid dienone is 2. The standard InChI is InChI=1S/C15H14N2O5/c18-14(16-10-2-1-3-11(7-10)17(21)22)12-8-4-5-9(6-8)13(12)15(19)20/h1-5,7-9,12-13H,6H2,(H,16,18)(H,19,20)/t8-,9+,12+,13+/m1/s1. The molecule has 7 nitrogen and oxygen atoms in total. The molecule has 0 aliphatic heterocycles. The smallest absolute Gasteiger partial charge is 0.307 e.